The second kappa shape index (κ2) is 60.1. The minimum atomic E-state index is -1.86. The molecule has 0 saturated heterocycles. The fourth-order valence-corrected chi connectivity index (χ4v) is 20.0. The number of rotatable bonds is 68. The summed E-state index contributed by atoms with van der Waals surface area (Å²) in [5, 5.41) is 0. The standard InChI is InChI=1S/C109H175O9P3/c1-20-26-32-38-44-47-53-65-77-110-119(113-101-74-62-59-71-91(101)68-56-50-41-35-29-23-4)116-104-81-88(8)94(84-98(104)107(11,12)13)87(7)80-97(95-85-99(108(14,15)16)105(82-89(95)9)117-120(111-78-66-54-48-45-39-33-27-21-2)114-102-75-63-60-72-92(102)69-57-51-42-36-30-24-5)96-86-100(109(17,18)19)106(83-90(96)10)118-121(112-79-67-55-49-46-40-34-28-22-3)115-103-76-64-61-73-93(103)70-58-52-43-37-31-25-6/h59-64,71-76,81-87,97H,20-58,65-70,77-80H2,1-19H3. The summed E-state index contributed by atoms with van der Waals surface area (Å²) in [6.45, 7) is 45.8. The van der Waals surface area contributed by atoms with Gasteiger partial charge in [0.2, 0.25) is 0 Å². The third-order valence-electron chi connectivity index (χ3n) is 24.3. The maximum absolute atomic E-state index is 7.41. The van der Waals surface area contributed by atoms with E-state index in [0.29, 0.717) is 19.8 Å². The normalized spacial score (nSPS) is 13.3. The van der Waals surface area contributed by atoms with Crippen molar-refractivity contribution < 1.29 is 40.7 Å². The highest BCUT2D eigenvalue weighted by molar-refractivity contribution is 7.43. The summed E-state index contributed by atoms with van der Waals surface area (Å²) in [6.07, 6.45) is 55.3. The summed E-state index contributed by atoms with van der Waals surface area (Å²) < 4.78 is 64.2. The Kier molecular flexibility index (Phi) is 52.2. The van der Waals surface area contributed by atoms with E-state index in [1.165, 1.54) is 251 Å². The second-order valence-corrected chi connectivity index (χ2v) is 41.8. The second-order valence-electron chi connectivity index (χ2n) is 38.6. The van der Waals surface area contributed by atoms with Crippen LogP contribution in [0.15, 0.2) is 109 Å². The molecule has 121 heavy (non-hydrogen) atoms. The molecule has 6 aromatic carbocycles. The molecule has 9 nitrogen and oxygen atoms in total. The largest absolute Gasteiger partial charge is 0.463 e. The lowest BCUT2D eigenvalue weighted by molar-refractivity contribution is 0.255. The first kappa shape index (κ1) is 105. The van der Waals surface area contributed by atoms with Crippen LogP contribution in [0.5, 0.6) is 34.5 Å². The fourth-order valence-electron chi connectivity index (χ4n) is 16.8. The van der Waals surface area contributed by atoms with E-state index in [-0.39, 0.29) is 28.1 Å². The monoisotopic (exact) mass is 1720 g/mol. The van der Waals surface area contributed by atoms with Gasteiger partial charge >= 0.3 is 25.8 Å². The van der Waals surface area contributed by atoms with Crippen molar-refractivity contribution in [2.24, 2.45) is 0 Å². The third-order valence-corrected chi connectivity index (χ3v) is 27.6. The molecule has 680 valence electrons. The molecule has 4 atom stereocenters. The number of aryl methyl sites for hydroxylation is 6. The molecule has 0 N–H and O–H groups in total. The molecule has 4 unspecified atom stereocenters. The molecule has 0 amide bonds. The predicted octanol–water partition coefficient (Wildman–Crippen LogP) is 37.1. The van der Waals surface area contributed by atoms with Crippen molar-refractivity contribution in [3.05, 3.63) is 176 Å². The highest BCUT2D eigenvalue weighted by Crippen LogP contribution is 2.53. The number of hydrogen-bond donors (Lipinski definition) is 0. The molecule has 12 heteroatoms. The van der Waals surface area contributed by atoms with E-state index >= 15 is 0 Å². The van der Waals surface area contributed by atoms with Gasteiger partial charge < -0.3 is 27.1 Å². The summed E-state index contributed by atoms with van der Waals surface area (Å²) in [4.78, 5) is 0. The molecular formula is C109H175O9P3. The van der Waals surface area contributed by atoms with Gasteiger partial charge in [0.05, 0.1) is 19.8 Å². The van der Waals surface area contributed by atoms with E-state index in [2.05, 4.69) is 241 Å². The number of para-hydroxylation sites is 3. The Morgan fingerprint density at radius 2 is 0.471 bits per heavy atom. The average molecular weight is 1720 g/mol. The van der Waals surface area contributed by atoms with Crippen LogP contribution in [0, 0.1) is 20.8 Å². The van der Waals surface area contributed by atoms with Gasteiger partial charge in [-0.25, -0.2) is 0 Å². The number of benzene rings is 6. The van der Waals surface area contributed by atoms with E-state index in [9.17, 15) is 0 Å². The van der Waals surface area contributed by atoms with Crippen LogP contribution in [0.2, 0.25) is 0 Å². The first-order valence-corrected chi connectivity index (χ1v) is 52.8. The van der Waals surface area contributed by atoms with Gasteiger partial charge in [0.25, 0.3) is 0 Å². The summed E-state index contributed by atoms with van der Waals surface area (Å²) in [7, 11) is -5.53. The summed E-state index contributed by atoms with van der Waals surface area (Å²) in [5.41, 5.74) is 13.4. The van der Waals surface area contributed by atoms with Crippen molar-refractivity contribution in [2.75, 3.05) is 19.8 Å². The summed E-state index contributed by atoms with van der Waals surface area (Å²) >= 11 is 0. The maximum Gasteiger partial charge on any atom is 0.463 e. The van der Waals surface area contributed by atoms with Gasteiger partial charge in [0.15, 0.2) is 0 Å². The first-order chi connectivity index (χ1) is 58.4. The molecule has 0 aromatic heterocycles. The molecule has 0 heterocycles. The maximum atomic E-state index is 7.41. The van der Waals surface area contributed by atoms with Crippen molar-refractivity contribution in [2.45, 2.75) is 455 Å². The Balaban J connectivity index is 1.50. The zero-order valence-electron chi connectivity index (χ0n) is 80.7. The van der Waals surface area contributed by atoms with E-state index < -0.39 is 25.8 Å². The van der Waals surface area contributed by atoms with Crippen LogP contribution in [0.3, 0.4) is 0 Å². The van der Waals surface area contributed by atoms with Gasteiger partial charge in [0.1, 0.15) is 34.5 Å². The average Bonchev–Trinajstić information content (AvgIpc) is 0.762. The molecule has 0 radical (unpaired) electrons. The minimum Gasteiger partial charge on any atom is -0.417 e. The van der Waals surface area contributed by atoms with Gasteiger partial charge in [-0.2, -0.15) is 0 Å². The predicted molar refractivity (Wildman–Crippen MR) is 525 cm³/mol. The lowest BCUT2D eigenvalue weighted by Crippen LogP contribution is -2.19. The zero-order valence-corrected chi connectivity index (χ0v) is 83.4. The highest BCUT2D eigenvalue weighted by atomic mass is 31.2. The minimum absolute atomic E-state index is 0.0780. The van der Waals surface area contributed by atoms with E-state index in [1.54, 1.807) is 0 Å². The van der Waals surface area contributed by atoms with Crippen molar-refractivity contribution in [1.29, 1.82) is 0 Å². The van der Waals surface area contributed by atoms with Gasteiger partial charge in [0, 0.05) is 22.6 Å². The lowest BCUT2D eigenvalue weighted by Gasteiger charge is -2.33. The van der Waals surface area contributed by atoms with Crippen LogP contribution in [0.1, 0.15) is 465 Å². The summed E-state index contributed by atoms with van der Waals surface area (Å²) in [5.74, 6) is 5.04. The van der Waals surface area contributed by atoms with E-state index in [1.807, 2.05) is 0 Å². The third kappa shape index (κ3) is 40.4. The fraction of sp³-hybridized carbons (Fsp3) is 0.670. The molecule has 6 rings (SSSR count). The quantitative estimate of drug-likeness (QED) is 0.0274. The zero-order chi connectivity index (χ0) is 87.5. The number of hydrogen-bond acceptors (Lipinski definition) is 9. The Morgan fingerprint density at radius 1 is 0.256 bits per heavy atom. The molecule has 0 fully saturated rings. The SMILES string of the molecule is CCCCCCCCCCOP(Oc1ccccc1CCCCCCCC)Oc1cc(C)c(C(C)CC(c2cc(C(C)(C)C)c(OP(OCCCCCCCCCC)Oc3ccccc3CCCCCCCC)cc2C)c2cc(C(C)(C)C)c(OP(OCCCCCCCCCC)Oc3ccccc3CCCCCCCC)cc2C)cc1C(C)(C)C. The molecular weight excluding hydrogens is 1550 g/mol. The highest BCUT2D eigenvalue weighted by Gasteiger charge is 2.35. The van der Waals surface area contributed by atoms with E-state index in [4.69, 9.17) is 40.7 Å². The molecule has 0 bridgehead atoms. The Morgan fingerprint density at radius 3 is 0.727 bits per heavy atom. The van der Waals surface area contributed by atoms with Gasteiger partial charge in [-0.1, -0.05) is 415 Å². The smallest absolute Gasteiger partial charge is 0.417 e. The van der Waals surface area contributed by atoms with Gasteiger partial charge in [-0.15, -0.1) is 0 Å². The Bertz CT molecular complexity index is 3560. The van der Waals surface area contributed by atoms with E-state index in [0.717, 1.165) is 146 Å². The van der Waals surface area contributed by atoms with Crippen molar-refractivity contribution in [3.63, 3.8) is 0 Å². The first-order valence-electron chi connectivity index (χ1n) is 49.5. The van der Waals surface area contributed by atoms with Crippen molar-refractivity contribution in [1.82, 2.24) is 0 Å². The van der Waals surface area contributed by atoms with Crippen LogP contribution >= 0.6 is 25.8 Å². The molecule has 0 aliphatic heterocycles. The molecule has 0 aliphatic rings. The van der Waals surface area contributed by atoms with Crippen LogP contribution in [-0.4, -0.2) is 19.8 Å². The van der Waals surface area contributed by atoms with Crippen LogP contribution in [0.25, 0.3) is 0 Å². The van der Waals surface area contributed by atoms with Crippen molar-refractivity contribution in [3.8, 4) is 34.5 Å². The van der Waals surface area contributed by atoms with Crippen LogP contribution in [-0.2, 0) is 49.1 Å². The van der Waals surface area contributed by atoms with Gasteiger partial charge in [-0.05, 0) is 194 Å². The Labute approximate surface area is 747 Å². The molecule has 0 aliphatic carbocycles. The summed E-state index contributed by atoms with van der Waals surface area (Å²) in [6, 6.07) is 40.3. The topological polar surface area (TPSA) is 83.1 Å². The Hall–Kier alpha value is -4.71. The lowest BCUT2D eigenvalue weighted by atomic mass is 9.74. The van der Waals surface area contributed by atoms with Crippen molar-refractivity contribution >= 4 is 25.8 Å². The molecule has 0 saturated carbocycles. The molecule has 6 aromatic rings. The van der Waals surface area contributed by atoms with Crippen LogP contribution < -0.4 is 27.1 Å². The van der Waals surface area contributed by atoms with Crippen LogP contribution in [0.4, 0.5) is 0 Å². The number of unbranched alkanes of at least 4 members (excludes halogenated alkanes) is 36. The van der Waals surface area contributed by atoms with Gasteiger partial charge in [-0.3, -0.25) is 13.6 Å². The molecule has 0 spiro atoms.